The van der Waals surface area contributed by atoms with Crippen molar-refractivity contribution in [3.8, 4) is 0 Å². The van der Waals surface area contributed by atoms with Crippen LogP contribution < -0.4 is 5.32 Å². The smallest absolute Gasteiger partial charge is 0.233 e. The van der Waals surface area contributed by atoms with Crippen LogP contribution in [-0.2, 0) is 10.2 Å². The molecule has 0 bridgehead atoms. The van der Waals surface area contributed by atoms with E-state index in [2.05, 4.69) is 34.5 Å². The Kier molecular flexibility index (Phi) is 5.28. The normalized spacial score (nSPS) is 21.3. The van der Waals surface area contributed by atoms with Gasteiger partial charge in [-0.25, -0.2) is 0 Å². The third-order valence-electron chi connectivity index (χ3n) is 5.13. The number of hydrogen-bond donors (Lipinski definition) is 1. The van der Waals surface area contributed by atoms with Gasteiger partial charge in [0.25, 0.3) is 0 Å². The molecule has 0 radical (unpaired) electrons. The van der Waals surface area contributed by atoms with Crippen LogP contribution in [0.2, 0.25) is 0 Å². The number of carbonyl (C=O) groups is 1. The van der Waals surface area contributed by atoms with Crippen molar-refractivity contribution in [1.29, 1.82) is 0 Å². The maximum absolute atomic E-state index is 13.0. The zero-order valence-electron chi connectivity index (χ0n) is 12.7. The van der Waals surface area contributed by atoms with Gasteiger partial charge >= 0.3 is 0 Å². The third kappa shape index (κ3) is 2.95. The third-order valence-corrected chi connectivity index (χ3v) is 5.13. The monoisotopic (exact) mass is 308 g/mol. The summed E-state index contributed by atoms with van der Waals surface area (Å²) < 4.78 is 0. The first-order chi connectivity index (χ1) is 9.76. The summed E-state index contributed by atoms with van der Waals surface area (Å²) in [5.74, 6) is 0.365. The highest BCUT2D eigenvalue weighted by molar-refractivity contribution is 5.89. The molecule has 1 aliphatic heterocycles. The van der Waals surface area contributed by atoms with Crippen molar-refractivity contribution in [2.75, 3.05) is 20.1 Å². The quantitative estimate of drug-likeness (QED) is 0.931. The van der Waals surface area contributed by atoms with Gasteiger partial charge in [-0.15, -0.1) is 12.4 Å². The highest BCUT2D eigenvalue weighted by Gasteiger charge is 2.47. The average molecular weight is 309 g/mol. The molecule has 0 atom stereocenters. The average Bonchev–Trinajstić information content (AvgIpc) is 2.47. The number of rotatable bonds is 3. The van der Waals surface area contributed by atoms with E-state index in [1.807, 2.05) is 13.1 Å². The van der Waals surface area contributed by atoms with Crippen molar-refractivity contribution in [1.82, 2.24) is 10.2 Å². The molecule has 3 nitrogen and oxygen atoms in total. The van der Waals surface area contributed by atoms with Crippen LogP contribution in [-0.4, -0.2) is 37.0 Å². The van der Waals surface area contributed by atoms with E-state index >= 15 is 0 Å². The lowest BCUT2D eigenvalue weighted by atomic mass is 9.63. The molecular formula is C17H25ClN2O. The van der Waals surface area contributed by atoms with Crippen molar-refractivity contribution in [3.63, 3.8) is 0 Å². The molecule has 0 spiro atoms. The maximum atomic E-state index is 13.0. The van der Waals surface area contributed by atoms with Crippen molar-refractivity contribution in [2.45, 2.75) is 43.6 Å². The van der Waals surface area contributed by atoms with Crippen LogP contribution in [0.1, 0.15) is 37.7 Å². The second kappa shape index (κ2) is 6.80. The number of nitrogens with zero attached hydrogens (tertiary/aromatic N) is 1. The summed E-state index contributed by atoms with van der Waals surface area (Å²) in [7, 11) is 2.01. The summed E-state index contributed by atoms with van der Waals surface area (Å²) in [5.41, 5.74) is 1.00. The van der Waals surface area contributed by atoms with E-state index in [1.54, 1.807) is 0 Å². The predicted octanol–water partition coefficient (Wildman–Crippen LogP) is 2.74. The van der Waals surface area contributed by atoms with Crippen molar-refractivity contribution >= 4 is 18.3 Å². The standard InChI is InChI=1S/C17H24N2O.ClH/c1-18-15-8-12-19(13-9-15)16(20)17(10-5-11-17)14-6-3-2-4-7-14;/h2-4,6-7,15,18H,5,8-13H2,1H3;1H. The molecule has 1 amide bonds. The van der Waals surface area contributed by atoms with Gasteiger partial charge in [0.15, 0.2) is 0 Å². The minimum absolute atomic E-state index is 0. The van der Waals surface area contributed by atoms with Crippen LogP contribution in [0.3, 0.4) is 0 Å². The van der Waals surface area contributed by atoms with E-state index in [0.717, 1.165) is 38.8 Å². The topological polar surface area (TPSA) is 32.3 Å². The van der Waals surface area contributed by atoms with Gasteiger partial charge in [0.05, 0.1) is 5.41 Å². The van der Waals surface area contributed by atoms with E-state index in [4.69, 9.17) is 0 Å². The Bertz CT molecular complexity index is 465. The number of amides is 1. The Hall–Kier alpha value is -1.06. The molecule has 21 heavy (non-hydrogen) atoms. The molecule has 4 heteroatoms. The molecule has 1 aromatic carbocycles. The fourth-order valence-corrected chi connectivity index (χ4v) is 3.59. The van der Waals surface area contributed by atoms with Gasteiger partial charge in [-0.3, -0.25) is 4.79 Å². The Balaban J connectivity index is 0.00000161. The van der Waals surface area contributed by atoms with Crippen LogP contribution in [0.15, 0.2) is 30.3 Å². The van der Waals surface area contributed by atoms with Crippen LogP contribution in [0, 0.1) is 0 Å². The van der Waals surface area contributed by atoms with E-state index in [9.17, 15) is 4.79 Å². The zero-order valence-corrected chi connectivity index (χ0v) is 13.5. The predicted molar refractivity (Wildman–Crippen MR) is 87.9 cm³/mol. The van der Waals surface area contributed by atoms with Crippen molar-refractivity contribution in [3.05, 3.63) is 35.9 Å². The van der Waals surface area contributed by atoms with Gasteiger partial charge in [0.1, 0.15) is 0 Å². The molecule has 2 aliphatic rings. The summed E-state index contributed by atoms with van der Waals surface area (Å²) >= 11 is 0. The van der Waals surface area contributed by atoms with Gasteiger partial charge in [0, 0.05) is 19.1 Å². The van der Waals surface area contributed by atoms with E-state index in [-0.39, 0.29) is 17.8 Å². The highest BCUT2D eigenvalue weighted by atomic mass is 35.5. The van der Waals surface area contributed by atoms with Crippen molar-refractivity contribution in [2.24, 2.45) is 0 Å². The molecule has 0 aromatic heterocycles. The van der Waals surface area contributed by atoms with Crippen LogP contribution in [0.25, 0.3) is 0 Å². The number of carbonyl (C=O) groups excluding carboxylic acids is 1. The molecule has 1 saturated carbocycles. The van der Waals surface area contributed by atoms with Gasteiger partial charge in [-0.2, -0.15) is 0 Å². The second-order valence-electron chi connectivity index (χ2n) is 6.16. The molecule has 1 aliphatic carbocycles. The van der Waals surface area contributed by atoms with Gasteiger partial charge in [-0.05, 0) is 38.3 Å². The lowest BCUT2D eigenvalue weighted by molar-refractivity contribution is -0.142. The van der Waals surface area contributed by atoms with E-state index < -0.39 is 0 Å². The number of piperidine rings is 1. The molecule has 0 unspecified atom stereocenters. The second-order valence-corrected chi connectivity index (χ2v) is 6.16. The minimum Gasteiger partial charge on any atom is -0.342 e. The first-order valence-corrected chi connectivity index (χ1v) is 7.78. The number of nitrogens with one attached hydrogen (secondary N) is 1. The molecule has 1 heterocycles. The number of likely N-dealkylation sites (tertiary alicyclic amines) is 1. The number of halogens is 1. The minimum atomic E-state index is -0.215. The summed E-state index contributed by atoms with van der Waals surface area (Å²) in [6, 6.07) is 11.0. The summed E-state index contributed by atoms with van der Waals surface area (Å²) in [6.45, 7) is 1.80. The van der Waals surface area contributed by atoms with Crippen LogP contribution in [0.5, 0.6) is 0 Å². The van der Waals surface area contributed by atoms with Crippen LogP contribution in [0.4, 0.5) is 0 Å². The van der Waals surface area contributed by atoms with E-state index in [0.29, 0.717) is 11.9 Å². The molecule has 3 rings (SSSR count). The lowest BCUT2D eigenvalue weighted by Gasteiger charge is -2.45. The van der Waals surface area contributed by atoms with E-state index in [1.165, 1.54) is 12.0 Å². The van der Waals surface area contributed by atoms with Gasteiger partial charge in [-0.1, -0.05) is 36.8 Å². The van der Waals surface area contributed by atoms with Crippen molar-refractivity contribution < 1.29 is 4.79 Å². The molecule has 2 fully saturated rings. The fourth-order valence-electron chi connectivity index (χ4n) is 3.59. The SMILES string of the molecule is CNC1CCN(C(=O)C2(c3ccccc3)CCC2)CC1.Cl. The summed E-state index contributed by atoms with van der Waals surface area (Å²) in [5, 5.41) is 3.32. The lowest BCUT2D eigenvalue weighted by Crippen LogP contribution is -2.54. The Morgan fingerprint density at radius 1 is 1.19 bits per heavy atom. The molecule has 1 aromatic rings. The number of benzene rings is 1. The first-order valence-electron chi connectivity index (χ1n) is 7.78. The molecule has 1 saturated heterocycles. The largest absolute Gasteiger partial charge is 0.342 e. The van der Waals surface area contributed by atoms with Gasteiger partial charge in [0.2, 0.25) is 5.91 Å². The van der Waals surface area contributed by atoms with Gasteiger partial charge < -0.3 is 10.2 Å². The number of hydrogen-bond acceptors (Lipinski definition) is 2. The summed E-state index contributed by atoms with van der Waals surface area (Å²) in [4.78, 5) is 15.1. The molecule has 1 N–H and O–H groups in total. The summed E-state index contributed by atoms with van der Waals surface area (Å²) in [6.07, 6.45) is 5.36. The first kappa shape index (κ1) is 16.3. The fraction of sp³-hybridized carbons (Fsp3) is 0.588. The van der Waals surface area contributed by atoms with Crippen LogP contribution >= 0.6 is 12.4 Å². The Morgan fingerprint density at radius 3 is 2.29 bits per heavy atom. The maximum Gasteiger partial charge on any atom is 0.233 e. The highest BCUT2D eigenvalue weighted by Crippen LogP contribution is 2.45. The molecular weight excluding hydrogens is 284 g/mol. The Labute approximate surface area is 133 Å². The molecule has 116 valence electrons. The zero-order chi connectivity index (χ0) is 14.0. The Morgan fingerprint density at radius 2 is 1.81 bits per heavy atom.